The standard InChI is InChI=1S/C12H16N2O2.ClH/c1-15-12-3-2-10(6-13-12)16-7-9-4-8-5-11(8)14-9;/h2-3,6,8-9,11,14H,4-5,7H2,1H3;1H/t8-,9+,11+;/m1./s1. The largest absolute Gasteiger partial charge is 0.490 e. The van der Waals surface area contributed by atoms with E-state index in [4.69, 9.17) is 9.47 Å². The van der Waals surface area contributed by atoms with Crippen LogP contribution in [0.3, 0.4) is 0 Å². The van der Waals surface area contributed by atoms with Crippen molar-refractivity contribution in [3.63, 3.8) is 0 Å². The minimum Gasteiger partial charge on any atom is -0.490 e. The molecule has 0 unspecified atom stereocenters. The van der Waals surface area contributed by atoms with Gasteiger partial charge in [0.15, 0.2) is 0 Å². The molecule has 0 amide bonds. The molecule has 3 atom stereocenters. The average Bonchev–Trinajstić information content (AvgIpc) is 2.95. The van der Waals surface area contributed by atoms with Crippen LogP contribution in [0.5, 0.6) is 11.6 Å². The number of pyridine rings is 1. The number of aromatic nitrogens is 1. The van der Waals surface area contributed by atoms with Gasteiger partial charge < -0.3 is 14.8 Å². The molecule has 1 aliphatic carbocycles. The predicted octanol–water partition coefficient (Wildman–Crippen LogP) is 1.64. The fraction of sp³-hybridized carbons (Fsp3) is 0.583. The molecule has 2 fully saturated rings. The molecule has 0 bridgehead atoms. The smallest absolute Gasteiger partial charge is 0.213 e. The van der Waals surface area contributed by atoms with Crippen LogP contribution in [0.4, 0.5) is 0 Å². The summed E-state index contributed by atoms with van der Waals surface area (Å²) in [6.07, 6.45) is 4.32. The SMILES string of the molecule is COc1ccc(OC[C@@H]2C[C@@H]3C[C@@H]3N2)cn1.Cl. The van der Waals surface area contributed by atoms with Gasteiger partial charge in [-0.05, 0) is 24.8 Å². The first-order valence-electron chi connectivity index (χ1n) is 5.74. The average molecular weight is 257 g/mol. The molecule has 5 heteroatoms. The summed E-state index contributed by atoms with van der Waals surface area (Å²) in [5.74, 6) is 2.35. The fourth-order valence-electron chi connectivity index (χ4n) is 2.33. The van der Waals surface area contributed by atoms with Gasteiger partial charge in [-0.25, -0.2) is 4.98 Å². The number of hydrogen-bond acceptors (Lipinski definition) is 4. The molecule has 4 nitrogen and oxygen atoms in total. The minimum atomic E-state index is 0. The van der Waals surface area contributed by atoms with Crippen LogP contribution in [0.15, 0.2) is 18.3 Å². The quantitative estimate of drug-likeness (QED) is 0.890. The van der Waals surface area contributed by atoms with E-state index in [1.165, 1.54) is 12.8 Å². The Balaban J connectivity index is 0.00000108. The lowest BCUT2D eigenvalue weighted by Crippen LogP contribution is -2.31. The van der Waals surface area contributed by atoms with Crippen molar-refractivity contribution in [2.45, 2.75) is 24.9 Å². The topological polar surface area (TPSA) is 43.4 Å². The predicted molar refractivity (Wildman–Crippen MR) is 67.0 cm³/mol. The van der Waals surface area contributed by atoms with Gasteiger partial charge in [-0.2, -0.15) is 0 Å². The molecule has 2 heterocycles. The molecule has 0 spiro atoms. The summed E-state index contributed by atoms with van der Waals surface area (Å²) < 4.78 is 10.7. The minimum absolute atomic E-state index is 0. The van der Waals surface area contributed by atoms with Gasteiger partial charge in [-0.1, -0.05) is 0 Å². The number of nitrogens with zero attached hydrogens (tertiary/aromatic N) is 1. The summed E-state index contributed by atoms with van der Waals surface area (Å²) in [6.45, 7) is 0.737. The number of fused-ring (bicyclic) bond motifs is 1. The molecule has 3 rings (SSSR count). The highest BCUT2D eigenvalue weighted by Crippen LogP contribution is 2.40. The number of methoxy groups -OCH3 is 1. The second-order valence-corrected chi connectivity index (χ2v) is 4.55. The first kappa shape index (κ1) is 12.5. The summed E-state index contributed by atoms with van der Waals surface area (Å²) in [6, 6.07) is 5.00. The van der Waals surface area contributed by atoms with Crippen molar-refractivity contribution in [2.24, 2.45) is 5.92 Å². The molecule has 0 aromatic carbocycles. The van der Waals surface area contributed by atoms with Crippen molar-refractivity contribution >= 4 is 12.4 Å². The molecule has 1 N–H and O–H groups in total. The molecular weight excluding hydrogens is 240 g/mol. The monoisotopic (exact) mass is 256 g/mol. The van der Waals surface area contributed by atoms with Gasteiger partial charge in [0.05, 0.1) is 13.3 Å². The first-order valence-corrected chi connectivity index (χ1v) is 5.74. The third-order valence-corrected chi connectivity index (χ3v) is 3.33. The molecule has 1 saturated heterocycles. The van der Waals surface area contributed by atoms with E-state index in [2.05, 4.69) is 10.3 Å². The van der Waals surface area contributed by atoms with Crippen LogP contribution in [-0.4, -0.2) is 30.8 Å². The number of halogens is 1. The van der Waals surface area contributed by atoms with Crippen molar-refractivity contribution in [2.75, 3.05) is 13.7 Å². The van der Waals surface area contributed by atoms with E-state index < -0.39 is 0 Å². The Labute approximate surface area is 107 Å². The van der Waals surface area contributed by atoms with Crippen molar-refractivity contribution < 1.29 is 9.47 Å². The molecule has 2 aliphatic rings. The second kappa shape index (κ2) is 5.10. The summed E-state index contributed by atoms with van der Waals surface area (Å²) in [5, 5.41) is 3.55. The summed E-state index contributed by atoms with van der Waals surface area (Å²) in [4.78, 5) is 4.10. The molecule has 94 valence electrons. The zero-order chi connectivity index (χ0) is 11.0. The van der Waals surface area contributed by atoms with Crippen molar-refractivity contribution in [3.05, 3.63) is 18.3 Å². The third-order valence-electron chi connectivity index (χ3n) is 3.33. The highest BCUT2D eigenvalue weighted by Gasteiger charge is 2.45. The summed E-state index contributed by atoms with van der Waals surface area (Å²) in [7, 11) is 1.61. The number of hydrogen-bond donors (Lipinski definition) is 1. The van der Waals surface area contributed by atoms with Gasteiger partial charge in [0.1, 0.15) is 12.4 Å². The van der Waals surface area contributed by atoms with Crippen LogP contribution < -0.4 is 14.8 Å². The van der Waals surface area contributed by atoms with Gasteiger partial charge in [-0.15, -0.1) is 12.4 Å². The zero-order valence-electron chi connectivity index (χ0n) is 9.76. The normalized spacial score (nSPS) is 29.1. The van der Waals surface area contributed by atoms with Crippen LogP contribution in [0.2, 0.25) is 0 Å². The molecule has 0 radical (unpaired) electrons. The Morgan fingerprint density at radius 3 is 2.88 bits per heavy atom. The molecule has 1 aromatic heterocycles. The maximum absolute atomic E-state index is 5.68. The van der Waals surface area contributed by atoms with Gasteiger partial charge in [0.2, 0.25) is 5.88 Å². The van der Waals surface area contributed by atoms with Crippen molar-refractivity contribution in [1.29, 1.82) is 0 Å². The van der Waals surface area contributed by atoms with E-state index in [1.807, 2.05) is 12.1 Å². The van der Waals surface area contributed by atoms with Crippen LogP contribution in [0.25, 0.3) is 0 Å². The molecule has 1 aliphatic heterocycles. The Bertz CT molecular complexity index is 361. The summed E-state index contributed by atoms with van der Waals surface area (Å²) in [5.41, 5.74) is 0. The molecule has 1 aromatic rings. The lowest BCUT2D eigenvalue weighted by Gasteiger charge is -2.14. The number of piperidine rings is 1. The van der Waals surface area contributed by atoms with E-state index in [9.17, 15) is 0 Å². The Morgan fingerprint density at radius 1 is 1.41 bits per heavy atom. The lowest BCUT2D eigenvalue weighted by atomic mass is 10.2. The van der Waals surface area contributed by atoms with E-state index >= 15 is 0 Å². The number of ether oxygens (including phenoxy) is 2. The van der Waals surface area contributed by atoms with Gasteiger partial charge >= 0.3 is 0 Å². The van der Waals surface area contributed by atoms with Gasteiger partial charge in [0.25, 0.3) is 0 Å². The maximum atomic E-state index is 5.68. The Hall–Kier alpha value is -1.00. The van der Waals surface area contributed by atoms with Crippen molar-refractivity contribution in [1.82, 2.24) is 10.3 Å². The number of rotatable bonds is 4. The second-order valence-electron chi connectivity index (χ2n) is 4.55. The maximum Gasteiger partial charge on any atom is 0.213 e. The van der Waals surface area contributed by atoms with Crippen LogP contribution in [0.1, 0.15) is 12.8 Å². The fourth-order valence-corrected chi connectivity index (χ4v) is 2.33. The highest BCUT2D eigenvalue weighted by atomic mass is 35.5. The van der Waals surface area contributed by atoms with Crippen LogP contribution in [0, 0.1) is 5.92 Å². The number of nitrogens with one attached hydrogen (secondary N) is 1. The lowest BCUT2D eigenvalue weighted by molar-refractivity contribution is 0.266. The summed E-state index contributed by atoms with van der Waals surface area (Å²) >= 11 is 0. The molecular formula is C12H17ClN2O2. The van der Waals surface area contributed by atoms with Gasteiger partial charge in [0, 0.05) is 18.2 Å². The van der Waals surface area contributed by atoms with Crippen LogP contribution >= 0.6 is 12.4 Å². The third kappa shape index (κ3) is 2.82. The van der Waals surface area contributed by atoms with E-state index in [1.54, 1.807) is 13.3 Å². The Morgan fingerprint density at radius 2 is 2.29 bits per heavy atom. The molecule has 17 heavy (non-hydrogen) atoms. The zero-order valence-corrected chi connectivity index (χ0v) is 10.6. The molecule has 1 saturated carbocycles. The van der Waals surface area contributed by atoms with E-state index in [0.717, 1.165) is 24.3 Å². The Kier molecular flexibility index (Phi) is 3.74. The van der Waals surface area contributed by atoms with Crippen molar-refractivity contribution in [3.8, 4) is 11.6 Å². The van der Waals surface area contributed by atoms with E-state index in [-0.39, 0.29) is 12.4 Å². The van der Waals surface area contributed by atoms with Crippen LogP contribution in [-0.2, 0) is 0 Å². The van der Waals surface area contributed by atoms with E-state index in [0.29, 0.717) is 11.9 Å². The van der Waals surface area contributed by atoms with Gasteiger partial charge in [-0.3, -0.25) is 0 Å². The first-order chi connectivity index (χ1) is 7.85. The highest BCUT2D eigenvalue weighted by molar-refractivity contribution is 5.85.